The molecule has 1 aromatic heterocycles. The molecule has 1 aliphatic heterocycles. The van der Waals surface area contributed by atoms with E-state index in [2.05, 4.69) is 5.32 Å². The van der Waals surface area contributed by atoms with E-state index in [0.717, 1.165) is 11.3 Å². The summed E-state index contributed by atoms with van der Waals surface area (Å²) in [7, 11) is 0. The molecular formula is C27H30N4O7. The molecule has 4 rings (SSSR count). The van der Waals surface area contributed by atoms with Crippen molar-refractivity contribution in [3.63, 3.8) is 0 Å². The fraction of sp³-hybridized carbons (Fsp3) is 0.333. The van der Waals surface area contributed by atoms with E-state index in [9.17, 15) is 19.7 Å². The van der Waals surface area contributed by atoms with Gasteiger partial charge >= 0.3 is 6.03 Å². The van der Waals surface area contributed by atoms with Crippen molar-refractivity contribution < 1.29 is 28.4 Å². The molecule has 0 saturated heterocycles. The number of nitro groups is 1. The first kappa shape index (κ1) is 26.5. The highest BCUT2D eigenvalue weighted by Gasteiger charge is 2.24. The van der Waals surface area contributed by atoms with Crippen LogP contribution >= 0.6 is 0 Å². The minimum Gasteiger partial charge on any atom is -0.464 e. The zero-order chi connectivity index (χ0) is 27.2. The lowest BCUT2D eigenvalue weighted by Crippen LogP contribution is -2.45. The molecule has 38 heavy (non-hydrogen) atoms. The summed E-state index contributed by atoms with van der Waals surface area (Å²) >= 11 is 0. The summed E-state index contributed by atoms with van der Waals surface area (Å²) in [6.45, 7) is 6.56. The first-order chi connectivity index (χ1) is 18.2. The summed E-state index contributed by atoms with van der Waals surface area (Å²) in [6, 6.07) is 14.2. The molecule has 200 valence electrons. The van der Waals surface area contributed by atoms with Crippen molar-refractivity contribution in [1.82, 2.24) is 9.80 Å². The second-order valence-corrected chi connectivity index (χ2v) is 9.46. The molecule has 2 heterocycles. The topological polar surface area (TPSA) is 127 Å². The molecule has 0 atom stereocenters. The molecule has 0 saturated carbocycles. The summed E-state index contributed by atoms with van der Waals surface area (Å²) in [5, 5.41) is 13.6. The quantitative estimate of drug-likeness (QED) is 0.295. The molecule has 0 aliphatic carbocycles. The standard InChI is InChI=1S/C27H30N4O7/c1-18(2)13-30(27(33)28-21-6-8-22(9-7-21)31(34)35)16-26(32)29(15-23-10-4-19(3)38-23)14-20-5-11-24-25(12-20)37-17-36-24/h4-12,18H,13-17H2,1-3H3,(H,28,33). The lowest BCUT2D eigenvalue weighted by molar-refractivity contribution is -0.384. The summed E-state index contributed by atoms with van der Waals surface area (Å²) in [6.07, 6.45) is 0. The number of amides is 3. The Bertz CT molecular complexity index is 1300. The van der Waals surface area contributed by atoms with Gasteiger partial charge in [0.15, 0.2) is 11.5 Å². The predicted molar refractivity (Wildman–Crippen MR) is 139 cm³/mol. The molecule has 2 aromatic carbocycles. The molecule has 0 spiro atoms. The Morgan fingerprint density at radius 1 is 1.00 bits per heavy atom. The summed E-state index contributed by atoms with van der Waals surface area (Å²) in [5.41, 5.74) is 1.16. The Hall–Kier alpha value is -4.54. The molecule has 11 nitrogen and oxygen atoms in total. The van der Waals surface area contributed by atoms with Gasteiger partial charge in [0.1, 0.15) is 18.1 Å². The number of nitrogens with zero attached hydrogens (tertiary/aromatic N) is 3. The van der Waals surface area contributed by atoms with Gasteiger partial charge in [-0.25, -0.2) is 4.79 Å². The number of benzene rings is 2. The van der Waals surface area contributed by atoms with Gasteiger partial charge in [0.25, 0.3) is 5.69 Å². The third-order valence-electron chi connectivity index (χ3n) is 5.83. The summed E-state index contributed by atoms with van der Waals surface area (Å²) in [4.78, 5) is 40.2. The van der Waals surface area contributed by atoms with Crippen molar-refractivity contribution in [3.05, 3.63) is 81.8 Å². The average molecular weight is 523 g/mol. The predicted octanol–water partition coefficient (Wildman–Crippen LogP) is 4.94. The second kappa shape index (κ2) is 11.7. The van der Waals surface area contributed by atoms with E-state index in [-0.39, 0.29) is 43.9 Å². The Balaban J connectivity index is 1.51. The molecule has 1 N–H and O–H groups in total. The third kappa shape index (κ3) is 6.81. The molecule has 0 bridgehead atoms. The zero-order valence-corrected chi connectivity index (χ0v) is 21.5. The van der Waals surface area contributed by atoms with Crippen LogP contribution in [0.15, 0.2) is 59.0 Å². The molecule has 3 aromatic rings. The van der Waals surface area contributed by atoms with E-state index in [1.807, 2.05) is 45.0 Å². The van der Waals surface area contributed by atoms with Gasteiger partial charge in [-0.3, -0.25) is 14.9 Å². The first-order valence-electron chi connectivity index (χ1n) is 12.2. The van der Waals surface area contributed by atoms with Crippen LogP contribution in [0.2, 0.25) is 0 Å². The molecule has 11 heteroatoms. The fourth-order valence-corrected chi connectivity index (χ4v) is 4.04. The number of carbonyl (C=O) groups is 2. The number of anilines is 1. The van der Waals surface area contributed by atoms with Crippen molar-refractivity contribution in [2.45, 2.75) is 33.9 Å². The van der Waals surface area contributed by atoms with Gasteiger partial charge in [0, 0.05) is 30.9 Å². The lowest BCUT2D eigenvalue weighted by atomic mass is 10.1. The Morgan fingerprint density at radius 2 is 1.74 bits per heavy atom. The highest BCUT2D eigenvalue weighted by molar-refractivity contribution is 5.92. The van der Waals surface area contributed by atoms with Crippen LogP contribution in [0.4, 0.5) is 16.2 Å². The van der Waals surface area contributed by atoms with Crippen LogP contribution < -0.4 is 14.8 Å². The minimum absolute atomic E-state index is 0.0791. The van der Waals surface area contributed by atoms with E-state index in [0.29, 0.717) is 29.5 Å². The van der Waals surface area contributed by atoms with Crippen LogP contribution in [-0.4, -0.2) is 46.5 Å². The Morgan fingerprint density at radius 3 is 2.39 bits per heavy atom. The normalized spacial score (nSPS) is 11.9. The van der Waals surface area contributed by atoms with E-state index in [1.165, 1.54) is 29.2 Å². The molecule has 0 fully saturated rings. The van der Waals surface area contributed by atoms with Crippen LogP contribution in [0.1, 0.15) is 30.9 Å². The molecular weight excluding hydrogens is 492 g/mol. The molecule has 0 unspecified atom stereocenters. The fourth-order valence-electron chi connectivity index (χ4n) is 4.04. The van der Waals surface area contributed by atoms with Crippen molar-refractivity contribution in [3.8, 4) is 11.5 Å². The van der Waals surface area contributed by atoms with Gasteiger partial charge < -0.3 is 29.0 Å². The zero-order valence-electron chi connectivity index (χ0n) is 21.5. The molecule has 3 amide bonds. The maximum absolute atomic E-state index is 13.6. The Labute approximate surface area is 220 Å². The number of hydrogen-bond acceptors (Lipinski definition) is 7. The van der Waals surface area contributed by atoms with Gasteiger partial charge in [-0.2, -0.15) is 0 Å². The number of carbonyl (C=O) groups excluding carboxylic acids is 2. The van der Waals surface area contributed by atoms with Crippen molar-refractivity contribution >= 4 is 23.3 Å². The number of nitro benzene ring substituents is 1. The average Bonchev–Trinajstić information content (AvgIpc) is 3.51. The van der Waals surface area contributed by atoms with Crippen LogP contribution in [0.25, 0.3) is 0 Å². The number of nitrogens with one attached hydrogen (secondary N) is 1. The Kier molecular flexibility index (Phi) is 8.15. The number of hydrogen-bond donors (Lipinski definition) is 1. The van der Waals surface area contributed by atoms with Gasteiger partial charge in [0.2, 0.25) is 12.7 Å². The van der Waals surface area contributed by atoms with Crippen LogP contribution in [0.3, 0.4) is 0 Å². The number of furan rings is 1. The minimum atomic E-state index is -0.509. The SMILES string of the molecule is Cc1ccc(CN(Cc2ccc3c(c2)OCO3)C(=O)CN(CC(C)C)C(=O)Nc2ccc([N+](=O)[O-])cc2)o1. The number of aryl methyl sites for hydroxylation is 1. The second-order valence-electron chi connectivity index (χ2n) is 9.46. The monoisotopic (exact) mass is 522 g/mol. The van der Waals surface area contributed by atoms with Gasteiger partial charge in [-0.15, -0.1) is 0 Å². The number of rotatable bonds is 10. The maximum atomic E-state index is 13.6. The molecule has 0 radical (unpaired) electrons. The number of ether oxygens (including phenoxy) is 2. The first-order valence-corrected chi connectivity index (χ1v) is 12.2. The van der Waals surface area contributed by atoms with E-state index in [1.54, 1.807) is 11.0 Å². The number of urea groups is 1. The highest BCUT2D eigenvalue weighted by atomic mass is 16.7. The molecule has 1 aliphatic rings. The van der Waals surface area contributed by atoms with E-state index in [4.69, 9.17) is 13.9 Å². The van der Waals surface area contributed by atoms with Gasteiger partial charge in [-0.05, 0) is 54.8 Å². The van der Waals surface area contributed by atoms with Crippen LogP contribution in [0, 0.1) is 23.0 Å². The van der Waals surface area contributed by atoms with Crippen molar-refractivity contribution in [2.75, 3.05) is 25.2 Å². The lowest BCUT2D eigenvalue weighted by Gasteiger charge is -2.28. The summed E-state index contributed by atoms with van der Waals surface area (Å²) < 4.78 is 16.6. The van der Waals surface area contributed by atoms with E-state index < -0.39 is 11.0 Å². The largest absolute Gasteiger partial charge is 0.464 e. The highest BCUT2D eigenvalue weighted by Crippen LogP contribution is 2.33. The van der Waals surface area contributed by atoms with Crippen molar-refractivity contribution in [1.29, 1.82) is 0 Å². The van der Waals surface area contributed by atoms with Crippen molar-refractivity contribution in [2.24, 2.45) is 5.92 Å². The van der Waals surface area contributed by atoms with Gasteiger partial charge in [-0.1, -0.05) is 19.9 Å². The van der Waals surface area contributed by atoms with Crippen LogP contribution in [0.5, 0.6) is 11.5 Å². The van der Waals surface area contributed by atoms with Gasteiger partial charge in [0.05, 0.1) is 11.5 Å². The smallest absolute Gasteiger partial charge is 0.322 e. The van der Waals surface area contributed by atoms with E-state index >= 15 is 0 Å². The number of fused-ring (bicyclic) bond motifs is 1. The third-order valence-corrected chi connectivity index (χ3v) is 5.83. The number of non-ortho nitro benzene ring substituents is 1. The maximum Gasteiger partial charge on any atom is 0.322 e. The van der Waals surface area contributed by atoms with Crippen LogP contribution in [-0.2, 0) is 17.9 Å². The summed E-state index contributed by atoms with van der Waals surface area (Å²) in [5.74, 6) is 2.46.